The second kappa shape index (κ2) is 9.72. The van der Waals surface area contributed by atoms with Crippen molar-refractivity contribution < 1.29 is 14.3 Å². The molecule has 0 aliphatic rings. The van der Waals surface area contributed by atoms with Crippen molar-refractivity contribution in [2.45, 2.75) is 12.5 Å². The Labute approximate surface area is 166 Å². The number of benzene rings is 3. The summed E-state index contributed by atoms with van der Waals surface area (Å²) < 4.78 is 10.8. The van der Waals surface area contributed by atoms with Gasteiger partial charge in [0, 0.05) is 13.7 Å². The van der Waals surface area contributed by atoms with Crippen molar-refractivity contribution in [3.63, 3.8) is 0 Å². The van der Waals surface area contributed by atoms with E-state index in [-0.39, 0.29) is 12.0 Å². The minimum Gasteiger partial charge on any atom is -0.497 e. The number of rotatable bonds is 8. The summed E-state index contributed by atoms with van der Waals surface area (Å²) in [6.07, 6.45) is 0.114. The number of hydrogen-bond acceptors (Lipinski definition) is 3. The number of hydrogen-bond donors (Lipinski definition) is 1. The van der Waals surface area contributed by atoms with Gasteiger partial charge in [-0.25, -0.2) is 0 Å². The van der Waals surface area contributed by atoms with Crippen molar-refractivity contribution in [3.05, 3.63) is 90.0 Å². The molecule has 3 aromatic rings. The second-order valence-electron chi connectivity index (χ2n) is 6.54. The van der Waals surface area contributed by atoms with Crippen molar-refractivity contribution in [1.29, 1.82) is 0 Å². The molecule has 1 atom stereocenters. The molecule has 3 rings (SSSR count). The molecule has 144 valence electrons. The summed E-state index contributed by atoms with van der Waals surface area (Å²) >= 11 is 0. The largest absolute Gasteiger partial charge is 0.497 e. The van der Waals surface area contributed by atoms with E-state index in [1.165, 1.54) is 5.56 Å². The fraction of sp³-hybridized carbons (Fsp3) is 0.208. The first-order chi connectivity index (χ1) is 13.7. The number of carbonyl (C=O) groups excluding carboxylic acids is 1. The first kappa shape index (κ1) is 19.6. The molecule has 0 bridgehead atoms. The van der Waals surface area contributed by atoms with Crippen LogP contribution in [0, 0.1) is 0 Å². The minimum atomic E-state index is -0.223. The van der Waals surface area contributed by atoms with Crippen LogP contribution in [0.4, 0.5) is 0 Å². The van der Waals surface area contributed by atoms with Gasteiger partial charge in [0.1, 0.15) is 5.75 Å². The van der Waals surface area contributed by atoms with E-state index in [1.807, 2.05) is 66.7 Å². The van der Waals surface area contributed by atoms with Crippen LogP contribution in [-0.4, -0.2) is 26.7 Å². The average Bonchev–Trinajstić information content (AvgIpc) is 2.75. The Morgan fingerprint density at radius 3 is 2.29 bits per heavy atom. The predicted molar refractivity (Wildman–Crippen MR) is 111 cm³/mol. The number of nitrogens with one attached hydrogen (secondary N) is 1. The quantitative estimate of drug-likeness (QED) is 0.634. The molecule has 0 aliphatic carbocycles. The van der Waals surface area contributed by atoms with Gasteiger partial charge < -0.3 is 14.8 Å². The summed E-state index contributed by atoms with van der Waals surface area (Å²) in [6, 6.07) is 26.0. The maximum Gasteiger partial charge on any atom is 0.224 e. The van der Waals surface area contributed by atoms with E-state index in [0.717, 1.165) is 22.4 Å². The van der Waals surface area contributed by atoms with Crippen molar-refractivity contribution in [2.75, 3.05) is 20.8 Å². The monoisotopic (exact) mass is 375 g/mol. The third kappa shape index (κ3) is 5.21. The van der Waals surface area contributed by atoms with Crippen LogP contribution >= 0.6 is 0 Å². The van der Waals surface area contributed by atoms with Crippen molar-refractivity contribution in [3.8, 4) is 16.9 Å². The molecule has 0 spiro atoms. The van der Waals surface area contributed by atoms with Gasteiger partial charge in [0.2, 0.25) is 5.91 Å². The molecule has 0 saturated carbocycles. The topological polar surface area (TPSA) is 47.6 Å². The molecule has 0 unspecified atom stereocenters. The van der Waals surface area contributed by atoms with Gasteiger partial charge >= 0.3 is 0 Å². The van der Waals surface area contributed by atoms with Crippen molar-refractivity contribution in [2.24, 2.45) is 0 Å². The SMILES string of the molecule is COc1cccc([C@@H](CNC(=O)Cc2ccc(-c3ccccc3)cc2)OC)c1. The van der Waals surface area contributed by atoms with Gasteiger partial charge in [-0.3, -0.25) is 4.79 Å². The summed E-state index contributed by atoms with van der Waals surface area (Å²) in [5, 5.41) is 2.96. The van der Waals surface area contributed by atoms with Gasteiger partial charge in [-0.05, 0) is 34.4 Å². The van der Waals surface area contributed by atoms with E-state index in [9.17, 15) is 4.79 Å². The van der Waals surface area contributed by atoms with E-state index in [4.69, 9.17) is 9.47 Å². The van der Waals surface area contributed by atoms with Crippen LogP contribution < -0.4 is 10.1 Å². The van der Waals surface area contributed by atoms with Crippen LogP contribution in [0.2, 0.25) is 0 Å². The van der Waals surface area contributed by atoms with E-state index < -0.39 is 0 Å². The summed E-state index contributed by atoms with van der Waals surface area (Å²) in [6.45, 7) is 0.407. The third-order valence-electron chi connectivity index (χ3n) is 4.66. The van der Waals surface area contributed by atoms with E-state index >= 15 is 0 Å². The minimum absolute atomic E-state index is 0.0302. The summed E-state index contributed by atoms with van der Waals surface area (Å²) in [5.74, 6) is 0.738. The lowest BCUT2D eigenvalue weighted by atomic mass is 10.0. The van der Waals surface area contributed by atoms with E-state index in [1.54, 1.807) is 14.2 Å². The van der Waals surface area contributed by atoms with Gasteiger partial charge in [0.25, 0.3) is 0 Å². The summed E-state index contributed by atoms with van der Waals surface area (Å²) in [7, 11) is 3.27. The van der Waals surface area contributed by atoms with E-state index in [2.05, 4.69) is 17.4 Å². The maximum atomic E-state index is 12.4. The molecule has 3 aromatic carbocycles. The highest BCUT2D eigenvalue weighted by Crippen LogP contribution is 2.21. The van der Waals surface area contributed by atoms with Crippen LogP contribution in [-0.2, 0) is 16.0 Å². The fourth-order valence-electron chi connectivity index (χ4n) is 3.08. The highest BCUT2D eigenvalue weighted by Gasteiger charge is 2.13. The van der Waals surface area contributed by atoms with Crippen LogP contribution in [0.15, 0.2) is 78.9 Å². The Hall–Kier alpha value is -3.11. The highest BCUT2D eigenvalue weighted by atomic mass is 16.5. The summed E-state index contributed by atoms with van der Waals surface area (Å²) in [4.78, 5) is 12.4. The summed E-state index contributed by atoms with van der Waals surface area (Å²) in [5.41, 5.74) is 4.25. The third-order valence-corrected chi connectivity index (χ3v) is 4.66. The molecule has 0 aromatic heterocycles. The van der Waals surface area contributed by atoms with Gasteiger partial charge in [0.15, 0.2) is 0 Å². The number of methoxy groups -OCH3 is 2. The standard InChI is InChI=1S/C24H25NO3/c1-27-22-10-6-9-21(16-22)23(28-2)17-25-24(26)15-18-11-13-20(14-12-18)19-7-4-3-5-8-19/h3-14,16,23H,15,17H2,1-2H3,(H,25,26)/t23-/m1/s1. The van der Waals surface area contributed by atoms with Gasteiger partial charge in [-0.15, -0.1) is 0 Å². The Morgan fingerprint density at radius 2 is 1.61 bits per heavy atom. The zero-order valence-corrected chi connectivity index (χ0v) is 16.2. The lowest BCUT2D eigenvalue weighted by Gasteiger charge is -2.17. The molecule has 1 N–H and O–H groups in total. The predicted octanol–water partition coefficient (Wildman–Crippen LogP) is 4.41. The van der Waals surface area contributed by atoms with Crippen LogP contribution in [0.1, 0.15) is 17.2 Å². The molecule has 1 amide bonds. The Bertz CT molecular complexity index is 891. The number of carbonyl (C=O) groups is 1. The lowest BCUT2D eigenvalue weighted by molar-refractivity contribution is -0.121. The van der Waals surface area contributed by atoms with Crippen molar-refractivity contribution >= 4 is 5.91 Å². The van der Waals surface area contributed by atoms with Crippen LogP contribution in [0.3, 0.4) is 0 Å². The Balaban J connectivity index is 1.56. The first-order valence-corrected chi connectivity index (χ1v) is 9.27. The zero-order chi connectivity index (χ0) is 19.8. The molecular weight excluding hydrogens is 350 g/mol. The van der Waals surface area contributed by atoms with Crippen molar-refractivity contribution in [1.82, 2.24) is 5.32 Å². The molecule has 0 heterocycles. The average molecular weight is 375 g/mol. The molecule has 0 fully saturated rings. The first-order valence-electron chi connectivity index (χ1n) is 9.27. The molecule has 4 nitrogen and oxygen atoms in total. The lowest BCUT2D eigenvalue weighted by Crippen LogP contribution is -2.30. The number of amides is 1. The smallest absolute Gasteiger partial charge is 0.224 e. The molecule has 0 radical (unpaired) electrons. The van der Waals surface area contributed by atoms with Gasteiger partial charge in [-0.2, -0.15) is 0 Å². The Morgan fingerprint density at radius 1 is 0.893 bits per heavy atom. The molecule has 28 heavy (non-hydrogen) atoms. The van der Waals surface area contributed by atoms with Gasteiger partial charge in [0.05, 0.1) is 19.6 Å². The maximum absolute atomic E-state index is 12.4. The molecular formula is C24H25NO3. The normalized spacial score (nSPS) is 11.6. The van der Waals surface area contributed by atoms with E-state index in [0.29, 0.717) is 13.0 Å². The van der Waals surface area contributed by atoms with Crippen LogP contribution in [0.25, 0.3) is 11.1 Å². The second-order valence-corrected chi connectivity index (χ2v) is 6.54. The van der Waals surface area contributed by atoms with Gasteiger partial charge in [-0.1, -0.05) is 66.7 Å². The number of ether oxygens (including phenoxy) is 2. The molecule has 4 heteroatoms. The Kier molecular flexibility index (Phi) is 6.82. The zero-order valence-electron chi connectivity index (χ0n) is 16.2. The fourth-order valence-corrected chi connectivity index (χ4v) is 3.08. The highest BCUT2D eigenvalue weighted by molar-refractivity contribution is 5.79. The molecule has 0 aliphatic heterocycles. The molecule has 0 saturated heterocycles. The van der Waals surface area contributed by atoms with Crippen LogP contribution in [0.5, 0.6) is 5.75 Å².